The molecule has 3 rings (SSSR count). The van der Waals surface area contributed by atoms with Gasteiger partial charge >= 0.3 is 0 Å². The van der Waals surface area contributed by atoms with E-state index >= 15 is 0 Å². The minimum absolute atomic E-state index is 0.0676. The highest BCUT2D eigenvalue weighted by Crippen LogP contribution is 2.19. The molecule has 4 heteroatoms. The zero-order valence-corrected chi connectivity index (χ0v) is 11.3. The molecule has 1 aromatic heterocycles. The van der Waals surface area contributed by atoms with E-state index in [1.807, 2.05) is 18.5 Å². The van der Waals surface area contributed by atoms with Crippen molar-refractivity contribution >= 4 is 0 Å². The first-order chi connectivity index (χ1) is 9.92. The number of nitrogens with zero attached hydrogens (tertiary/aromatic N) is 1. The fraction of sp³-hybridized carbons (Fsp3) is 0.312. The third-order valence-corrected chi connectivity index (χ3v) is 3.46. The molecular formula is C16H19N3O. The van der Waals surface area contributed by atoms with Crippen molar-refractivity contribution in [3.05, 3.63) is 66.0 Å². The Morgan fingerprint density at radius 1 is 1.20 bits per heavy atom. The molecule has 20 heavy (non-hydrogen) atoms. The lowest BCUT2D eigenvalue weighted by Crippen LogP contribution is -2.41. The molecule has 2 N–H and O–H groups in total. The second kappa shape index (κ2) is 6.61. The fourth-order valence-corrected chi connectivity index (χ4v) is 2.43. The first-order valence-electron chi connectivity index (χ1n) is 6.97. The molecule has 2 heterocycles. The molecule has 0 spiro atoms. The molecule has 2 unspecified atom stereocenters. The Morgan fingerprint density at radius 3 is 2.70 bits per heavy atom. The van der Waals surface area contributed by atoms with Crippen LogP contribution in [0.5, 0.6) is 0 Å². The van der Waals surface area contributed by atoms with Crippen molar-refractivity contribution in [3.8, 4) is 0 Å². The molecule has 2 atom stereocenters. The predicted molar refractivity (Wildman–Crippen MR) is 78.0 cm³/mol. The van der Waals surface area contributed by atoms with Gasteiger partial charge in [-0.3, -0.25) is 15.6 Å². The molecule has 0 bridgehead atoms. The van der Waals surface area contributed by atoms with Gasteiger partial charge in [-0.15, -0.1) is 0 Å². The van der Waals surface area contributed by atoms with Crippen molar-refractivity contribution in [1.82, 2.24) is 15.6 Å². The maximum absolute atomic E-state index is 5.61. The number of rotatable bonds is 5. The number of ether oxygens (including phenoxy) is 1. The van der Waals surface area contributed by atoms with Crippen molar-refractivity contribution in [3.63, 3.8) is 0 Å². The molecule has 4 nitrogen and oxygen atoms in total. The first-order valence-corrected chi connectivity index (χ1v) is 6.97. The molecule has 1 aliphatic rings. The van der Waals surface area contributed by atoms with E-state index < -0.39 is 0 Å². The van der Waals surface area contributed by atoms with Gasteiger partial charge in [0.2, 0.25) is 0 Å². The normalized spacial score (nSPS) is 19.9. The zero-order valence-electron chi connectivity index (χ0n) is 11.3. The molecule has 1 aromatic carbocycles. The van der Waals surface area contributed by atoms with Gasteiger partial charge in [0.05, 0.1) is 6.61 Å². The smallest absolute Gasteiger partial charge is 0.164 e. The Balaban J connectivity index is 1.76. The fourth-order valence-electron chi connectivity index (χ4n) is 2.43. The summed E-state index contributed by atoms with van der Waals surface area (Å²) >= 11 is 0. The Bertz CT molecular complexity index is 512. The van der Waals surface area contributed by atoms with E-state index in [0.29, 0.717) is 0 Å². The monoisotopic (exact) mass is 269 g/mol. The Kier molecular flexibility index (Phi) is 4.38. The van der Waals surface area contributed by atoms with E-state index in [-0.39, 0.29) is 12.4 Å². The van der Waals surface area contributed by atoms with Crippen LogP contribution in [-0.4, -0.2) is 24.5 Å². The van der Waals surface area contributed by atoms with Crippen LogP contribution in [0.3, 0.4) is 0 Å². The molecule has 1 aliphatic heterocycles. The van der Waals surface area contributed by atoms with Gasteiger partial charge in [-0.05, 0) is 29.7 Å². The maximum atomic E-state index is 5.61. The van der Waals surface area contributed by atoms with E-state index in [1.165, 1.54) is 11.1 Å². The summed E-state index contributed by atoms with van der Waals surface area (Å²) < 4.78 is 5.61. The van der Waals surface area contributed by atoms with Crippen LogP contribution in [0.2, 0.25) is 0 Å². The lowest BCUT2D eigenvalue weighted by Gasteiger charge is -2.23. The Morgan fingerprint density at radius 2 is 2.00 bits per heavy atom. The third kappa shape index (κ3) is 3.42. The molecule has 2 aromatic rings. The minimum Gasteiger partial charge on any atom is -0.349 e. The van der Waals surface area contributed by atoms with E-state index in [4.69, 9.17) is 4.74 Å². The number of benzene rings is 1. The first kappa shape index (κ1) is 13.2. The van der Waals surface area contributed by atoms with Gasteiger partial charge in [-0.2, -0.15) is 0 Å². The molecule has 0 saturated carbocycles. The number of aromatic nitrogens is 1. The molecule has 1 saturated heterocycles. The molecule has 0 amide bonds. The van der Waals surface area contributed by atoms with Crippen LogP contribution in [-0.2, 0) is 11.2 Å². The number of hydrogen-bond donors (Lipinski definition) is 2. The summed E-state index contributed by atoms with van der Waals surface area (Å²) in [5, 5.41) is 6.82. The van der Waals surface area contributed by atoms with Crippen molar-refractivity contribution in [1.29, 1.82) is 0 Å². The van der Waals surface area contributed by atoms with Gasteiger partial charge in [-0.1, -0.05) is 30.3 Å². The summed E-state index contributed by atoms with van der Waals surface area (Å²) in [6.07, 6.45) is 4.51. The molecule has 0 aliphatic carbocycles. The van der Waals surface area contributed by atoms with Gasteiger partial charge in [0.25, 0.3) is 0 Å². The largest absolute Gasteiger partial charge is 0.349 e. The van der Waals surface area contributed by atoms with Gasteiger partial charge in [-0.25, -0.2) is 0 Å². The average molecular weight is 269 g/mol. The van der Waals surface area contributed by atoms with Gasteiger partial charge < -0.3 is 4.74 Å². The highest BCUT2D eigenvalue weighted by Gasteiger charge is 2.20. The Hall–Kier alpha value is -1.75. The average Bonchev–Trinajstić information content (AvgIpc) is 3.02. The van der Waals surface area contributed by atoms with Crippen LogP contribution in [0.1, 0.15) is 17.2 Å². The van der Waals surface area contributed by atoms with Gasteiger partial charge in [0.15, 0.2) is 6.35 Å². The lowest BCUT2D eigenvalue weighted by molar-refractivity contribution is 0.0627. The van der Waals surface area contributed by atoms with Crippen LogP contribution in [0, 0.1) is 0 Å². The van der Waals surface area contributed by atoms with Crippen molar-refractivity contribution in [2.24, 2.45) is 0 Å². The van der Waals surface area contributed by atoms with E-state index in [0.717, 1.165) is 19.6 Å². The molecule has 104 valence electrons. The Labute approximate surface area is 119 Å². The second-order valence-electron chi connectivity index (χ2n) is 4.89. The summed E-state index contributed by atoms with van der Waals surface area (Å²) in [7, 11) is 0. The summed E-state index contributed by atoms with van der Waals surface area (Å²) in [6, 6.07) is 14.8. The molecule has 1 fully saturated rings. The lowest BCUT2D eigenvalue weighted by atomic mass is 9.99. The summed E-state index contributed by atoms with van der Waals surface area (Å²) in [4.78, 5) is 4.07. The van der Waals surface area contributed by atoms with Crippen molar-refractivity contribution < 1.29 is 4.74 Å². The summed E-state index contributed by atoms with van der Waals surface area (Å²) in [5.41, 5.74) is 2.53. The van der Waals surface area contributed by atoms with Crippen molar-refractivity contribution in [2.75, 3.05) is 13.2 Å². The van der Waals surface area contributed by atoms with Crippen LogP contribution < -0.4 is 10.6 Å². The van der Waals surface area contributed by atoms with Gasteiger partial charge in [0, 0.05) is 25.0 Å². The second-order valence-corrected chi connectivity index (χ2v) is 4.89. The minimum atomic E-state index is -0.0676. The number of nitrogens with one attached hydrogen (secondary N) is 2. The van der Waals surface area contributed by atoms with E-state index in [1.54, 1.807) is 0 Å². The topological polar surface area (TPSA) is 46.2 Å². The number of pyridine rings is 1. The molecule has 0 radical (unpaired) electrons. The van der Waals surface area contributed by atoms with Crippen LogP contribution in [0.15, 0.2) is 54.9 Å². The van der Waals surface area contributed by atoms with Crippen molar-refractivity contribution in [2.45, 2.75) is 18.8 Å². The van der Waals surface area contributed by atoms with Crippen LogP contribution in [0.4, 0.5) is 0 Å². The summed E-state index contributed by atoms with van der Waals surface area (Å²) in [6.45, 7) is 1.66. The maximum Gasteiger partial charge on any atom is 0.164 e. The van der Waals surface area contributed by atoms with Crippen LogP contribution >= 0.6 is 0 Å². The SMILES string of the molecule is c1ccc(C(Cc2ccncc2)NC2NCCO2)cc1. The van der Waals surface area contributed by atoms with E-state index in [2.05, 4.69) is 52.0 Å². The quantitative estimate of drug-likeness (QED) is 0.869. The zero-order chi connectivity index (χ0) is 13.6. The summed E-state index contributed by atoms with van der Waals surface area (Å²) in [5.74, 6) is 0. The predicted octanol–water partition coefficient (Wildman–Crippen LogP) is 1.86. The standard InChI is InChI=1S/C16H19N3O/c1-2-4-14(5-3-1)15(19-16-18-10-11-20-16)12-13-6-8-17-9-7-13/h1-9,15-16,18-19H,10-12H2. The van der Waals surface area contributed by atoms with Gasteiger partial charge in [0.1, 0.15) is 0 Å². The van der Waals surface area contributed by atoms with Crippen LogP contribution in [0.25, 0.3) is 0 Å². The van der Waals surface area contributed by atoms with E-state index in [9.17, 15) is 0 Å². The third-order valence-electron chi connectivity index (χ3n) is 3.46. The molecular weight excluding hydrogens is 250 g/mol. The number of hydrogen-bond acceptors (Lipinski definition) is 4. The highest BCUT2D eigenvalue weighted by atomic mass is 16.5. The highest BCUT2D eigenvalue weighted by molar-refractivity contribution is 5.22.